The molecule has 0 spiro atoms. The molecule has 2 N–H and O–H groups in total. The van der Waals surface area contributed by atoms with Crippen LogP contribution < -0.4 is 5.73 Å². The third-order valence-corrected chi connectivity index (χ3v) is 3.99. The van der Waals surface area contributed by atoms with Crippen LogP contribution in [-0.2, 0) is 0 Å². The van der Waals surface area contributed by atoms with Gasteiger partial charge >= 0.3 is 0 Å². The Morgan fingerprint density at radius 2 is 2.00 bits per heavy atom. The van der Waals surface area contributed by atoms with Gasteiger partial charge in [0.1, 0.15) is 0 Å². The standard InChI is InChI=1S/C14H30N2/c1-4-13-6-5-8-16(9-7-13)14(11-15)10-12(2)3/h12-14H,4-11,15H2,1-3H3. The van der Waals surface area contributed by atoms with Crippen molar-refractivity contribution in [2.45, 2.75) is 58.9 Å². The summed E-state index contributed by atoms with van der Waals surface area (Å²) in [7, 11) is 0. The minimum absolute atomic E-state index is 0.621. The van der Waals surface area contributed by atoms with Crippen molar-refractivity contribution in [2.75, 3.05) is 19.6 Å². The van der Waals surface area contributed by atoms with Crippen LogP contribution in [0.5, 0.6) is 0 Å². The van der Waals surface area contributed by atoms with E-state index in [-0.39, 0.29) is 0 Å². The molecule has 2 nitrogen and oxygen atoms in total. The van der Waals surface area contributed by atoms with Crippen molar-refractivity contribution in [2.24, 2.45) is 17.6 Å². The zero-order valence-corrected chi connectivity index (χ0v) is 11.4. The van der Waals surface area contributed by atoms with Crippen LogP contribution in [0.2, 0.25) is 0 Å². The smallest absolute Gasteiger partial charge is 0.0220 e. The molecule has 1 saturated heterocycles. The number of rotatable bonds is 5. The van der Waals surface area contributed by atoms with E-state index >= 15 is 0 Å². The van der Waals surface area contributed by atoms with Crippen LogP contribution in [0.4, 0.5) is 0 Å². The van der Waals surface area contributed by atoms with Crippen LogP contribution in [0.1, 0.15) is 52.9 Å². The molecule has 16 heavy (non-hydrogen) atoms. The molecule has 2 atom stereocenters. The molecular formula is C14H30N2. The molecule has 1 rings (SSSR count). The van der Waals surface area contributed by atoms with Gasteiger partial charge in [0, 0.05) is 12.6 Å². The van der Waals surface area contributed by atoms with Crippen LogP contribution >= 0.6 is 0 Å². The van der Waals surface area contributed by atoms with Crippen LogP contribution in [0.3, 0.4) is 0 Å². The zero-order valence-electron chi connectivity index (χ0n) is 11.4. The topological polar surface area (TPSA) is 29.3 Å². The SMILES string of the molecule is CCC1CCCN(C(CN)CC(C)C)CC1. The van der Waals surface area contributed by atoms with Crippen molar-refractivity contribution in [3.8, 4) is 0 Å². The molecule has 96 valence electrons. The second-order valence-corrected chi connectivity index (χ2v) is 5.76. The number of hydrogen-bond donors (Lipinski definition) is 1. The molecule has 0 aliphatic carbocycles. The van der Waals surface area contributed by atoms with E-state index in [2.05, 4.69) is 25.7 Å². The maximum Gasteiger partial charge on any atom is 0.0220 e. The fraction of sp³-hybridized carbons (Fsp3) is 1.00. The highest BCUT2D eigenvalue weighted by Crippen LogP contribution is 2.22. The summed E-state index contributed by atoms with van der Waals surface area (Å²) in [6, 6.07) is 0.621. The summed E-state index contributed by atoms with van der Waals surface area (Å²) < 4.78 is 0. The number of likely N-dealkylation sites (tertiary alicyclic amines) is 1. The normalized spacial score (nSPS) is 25.7. The lowest BCUT2D eigenvalue weighted by Gasteiger charge is -2.31. The van der Waals surface area contributed by atoms with Gasteiger partial charge in [-0.05, 0) is 50.6 Å². The first-order chi connectivity index (χ1) is 7.67. The maximum absolute atomic E-state index is 5.93. The molecule has 0 saturated carbocycles. The molecule has 0 amide bonds. The van der Waals surface area contributed by atoms with E-state index in [9.17, 15) is 0 Å². The summed E-state index contributed by atoms with van der Waals surface area (Å²) in [5.41, 5.74) is 5.93. The first kappa shape index (κ1) is 14.0. The van der Waals surface area contributed by atoms with E-state index in [4.69, 9.17) is 5.73 Å². The van der Waals surface area contributed by atoms with Crippen molar-refractivity contribution in [3.05, 3.63) is 0 Å². The van der Waals surface area contributed by atoms with E-state index in [0.717, 1.165) is 18.4 Å². The summed E-state index contributed by atoms with van der Waals surface area (Å²) in [6.45, 7) is 10.3. The average Bonchev–Trinajstić information content (AvgIpc) is 2.50. The number of nitrogens with zero attached hydrogens (tertiary/aromatic N) is 1. The zero-order chi connectivity index (χ0) is 12.0. The van der Waals surface area contributed by atoms with Gasteiger partial charge in [0.05, 0.1) is 0 Å². The minimum Gasteiger partial charge on any atom is -0.329 e. The molecule has 0 aromatic heterocycles. The molecule has 0 radical (unpaired) electrons. The molecule has 1 aliphatic rings. The highest BCUT2D eigenvalue weighted by molar-refractivity contribution is 4.78. The summed E-state index contributed by atoms with van der Waals surface area (Å²) in [4.78, 5) is 2.65. The highest BCUT2D eigenvalue weighted by atomic mass is 15.2. The first-order valence-corrected chi connectivity index (χ1v) is 7.11. The summed E-state index contributed by atoms with van der Waals surface area (Å²) in [5, 5.41) is 0. The molecule has 1 heterocycles. The quantitative estimate of drug-likeness (QED) is 0.781. The first-order valence-electron chi connectivity index (χ1n) is 7.11. The molecule has 2 heteroatoms. The van der Waals surface area contributed by atoms with E-state index in [0.29, 0.717) is 6.04 Å². The lowest BCUT2D eigenvalue weighted by atomic mass is 9.98. The number of hydrogen-bond acceptors (Lipinski definition) is 2. The molecule has 1 fully saturated rings. The summed E-state index contributed by atoms with van der Waals surface area (Å²) in [6.07, 6.45) is 6.78. The van der Waals surface area contributed by atoms with E-state index < -0.39 is 0 Å². The van der Waals surface area contributed by atoms with Crippen molar-refractivity contribution >= 4 is 0 Å². The van der Waals surface area contributed by atoms with Crippen molar-refractivity contribution in [1.82, 2.24) is 4.90 Å². The van der Waals surface area contributed by atoms with E-state index in [1.807, 2.05) is 0 Å². The Morgan fingerprint density at radius 1 is 1.25 bits per heavy atom. The molecule has 0 bridgehead atoms. The van der Waals surface area contributed by atoms with Gasteiger partial charge in [-0.2, -0.15) is 0 Å². The molecule has 0 aromatic rings. The second-order valence-electron chi connectivity index (χ2n) is 5.76. The number of nitrogens with two attached hydrogens (primary N) is 1. The van der Waals surface area contributed by atoms with Gasteiger partial charge in [-0.1, -0.05) is 27.2 Å². The summed E-state index contributed by atoms with van der Waals surface area (Å²) in [5.74, 6) is 1.72. The third kappa shape index (κ3) is 4.42. The maximum atomic E-state index is 5.93. The monoisotopic (exact) mass is 226 g/mol. The van der Waals surface area contributed by atoms with Gasteiger partial charge in [-0.25, -0.2) is 0 Å². The van der Waals surface area contributed by atoms with Crippen molar-refractivity contribution in [1.29, 1.82) is 0 Å². The second kappa shape index (κ2) is 7.29. The Bertz CT molecular complexity index is 180. The van der Waals surface area contributed by atoms with Crippen molar-refractivity contribution < 1.29 is 0 Å². The molecule has 0 aromatic carbocycles. The van der Waals surface area contributed by atoms with Gasteiger partial charge in [0.25, 0.3) is 0 Å². The lowest BCUT2D eigenvalue weighted by molar-refractivity contribution is 0.182. The predicted octanol–water partition coefficient (Wildman–Crippen LogP) is 2.87. The Morgan fingerprint density at radius 3 is 2.56 bits per heavy atom. The van der Waals surface area contributed by atoms with Gasteiger partial charge in [-0.3, -0.25) is 4.90 Å². The predicted molar refractivity (Wildman–Crippen MR) is 71.5 cm³/mol. The van der Waals surface area contributed by atoms with E-state index in [1.165, 1.54) is 45.2 Å². The van der Waals surface area contributed by atoms with Gasteiger partial charge < -0.3 is 5.73 Å². The minimum atomic E-state index is 0.621. The van der Waals surface area contributed by atoms with Gasteiger partial charge in [-0.15, -0.1) is 0 Å². The van der Waals surface area contributed by atoms with Crippen LogP contribution in [-0.4, -0.2) is 30.6 Å². The van der Waals surface area contributed by atoms with Crippen LogP contribution in [0.25, 0.3) is 0 Å². The molecular weight excluding hydrogens is 196 g/mol. The Hall–Kier alpha value is -0.0800. The Labute approximate surface area is 102 Å². The van der Waals surface area contributed by atoms with Gasteiger partial charge in [0.2, 0.25) is 0 Å². The third-order valence-electron chi connectivity index (χ3n) is 3.99. The fourth-order valence-corrected chi connectivity index (χ4v) is 2.90. The molecule has 1 aliphatic heterocycles. The molecule has 2 unspecified atom stereocenters. The van der Waals surface area contributed by atoms with Crippen molar-refractivity contribution in [3.63, 3.8) is 0 Å². The Kier molecular flexibility index (Phi) is 6.37. The fourth-order valence-electron chi connectivity index (χ4n) is 2.90. The van der Waals surface area contributed by atoms with Crippen LogP contribution in [0.15, 0.2) is 0 Å². The average molecular weight is 226 g/mol. The van der Waals surface area contributed by atoms with Crippen LogP contribution in [0, 0.1) is 11.8 Å². The van der Waals surface area contributed by atoms with E-state index in [1.54, 1.807) is 0 Å². The summed E-state index contributed by atoms with van der Waals surface area (Å²) >= 11 is 0. The lowest BCUT2D eigenvalue weighted by Crippen LogP contribution is -2.42. The highest BCUT2D eigenvalue weighted by Gasteiger charge is 2.22. The largest absolute Gasteiger partial charge is 0.329 e. The Balaban J connectivity index is 2.44. The van der Waals surface area contributed by atoms with Gasteiger partial charge in [0.15, 0.2) is 0 Å².